The van der Waals surface area contributed by atoms with Crippen molar-refractivity contribution in [1.82, 2.24) is 4.90 Å². The van der Waals surface area contributed by atoms with Crippen molar-refractivity contribution in [1.29, 1.82) is 0 Å². The van der Waals surface area contributed by atoms with Crippen LogP contribution >= 0.6 is 22.6 Å². The van der Waals surface area contributed by atoms with Gasteiger partial charge in [-0.1, -0.05) is 6.92 Å². The van der Waals surface area contributed by atoms with Gasteiger partial charge in [0.15, 0.2) is 0 Å². The van der Waals surface area contributed by atoms with Crippen LogP contribution in [-0.4, -0.2) is 37.1 Å². The minimum atomic E-state index is 0.730. The van der Waals surface area contributed by atoms with Crippen LogP contribution in [0, 0.1) is 3.57 Å². The molecule has 94 valence electrons. The number of hydrogen-bond donors (Lipinski definition) is 0. The highest BCUT2D eigenvalue weighted by atomic mass is 127. The number of nitrogens with zero attached hydrogens (tertiary/aromatic N) is 2. The number of hydrogen-bond acceptors (Lipinski definition) is 2. The normalized spacial score (nSPS) is 19.4. The molecule has 2 rings (SSSR count). The van der Waals surface area contributed by atoms with Gasteiger partial charge < -0.3 is 4.90 Å². The number of halogens is 1. The van der Waals surface area contributed by atoms with Gasteiger partial charge in [-0.05, 0) is 60.2 Å². The second-order valence-electron chi connectivity index (χ2n) is 4.76. The Morgan fingerprint density at radius 3 is 2.24 bits per heavy atom. The molecule has 0 aliphatic carbocycles. The Kier molecular flexibility index (Phi) is 4.68. The first-order valence-electron chi connectivity index (χ1n) is 6.45. The third-order valence-corrected chi connectivity index (χ3v) is 4.44. The van der Waals surface area contributed by atoms with Crippen molar-refractivity contribution in [2.24, 2.45) is 0 Å². The molecular formula is C14H21IN2. The highest BCUT2D eigenvalue weighted by Crippen LogP contribution is 2.19. The second-order valence-corrected chi connectivity index (χ2v) is 6.00. The summed E-state index contributed by atoms with van der Waals surface area (Å²) in [4.78, 5) is 5.10. The molecule has 3 heteroatoms. The van der Waals surface area contributed by atoms with E-state index >= 15 is 0 Å². The average Bonchev–Trinajstić information content (AvgIpc) is 2.39. The Hall–Kier alpha value is -0.290. The third kappa shape index (κ3) is 3.35. The topological polar surface area (TPSA) is 6.48 Å². The minimum absolute atomic E-state index is 0.730. The monoisotopic (exact) mass is 344 g/mol. The lowest BCUT2D eigenvalue weighted by Crippen LogP contribution is -2.49. The van der Waals surface area contributed by atoms with Gasteiger partial charge in [0, 0.05) is 41.5 Å². The smallest absolute Gasteiger partial charge is 0.0367 e. The zero-order chi connectivity index (χ0) is 12.3. The van der Waals surface area contributed by atoms with E-state index in [1.165, 1.54) is 28.8 Å². The molecule has 1 atom stereocenters. The molecule has 2 nitrogen and oxygen atoms in total. The molecule has 1 unspecified atom stereocenters. The summed E-state index contributed by atoms with van der Waals surface area (Å²) in [5.41, 5.74) is 1.37. The van der Waals surface area contributed by atoms with Gasteiger partial charge in [0.2, 0.25) is 0 Å². The van der Waals surface area contributed by atoms with Gasteiger partial charge in [-0.15, -0.1) is 0 Å². The summed E-state index contributed by atoms with van der Waals surface area (Å²) in [5, 5.41) is 0. The van der Waals surface area contributed by atoms with Crippen LogP contribution in [0.3, 0.4) is 0 Å². The van der Waals surface area contributed by atoms with Crippen molar-refractivity contribution in [3.63, 3.8) is 0 Å². The van der Waals surface area contributed by atoms with E-state index in [2.05, 4.69) is 70.5 Å². The lowest BCUT2D eigenvalue weighted by Gasteiger charge is -2.39. The van der Waals surface area contributed by atoms with Gasteiger partial charge in [0.05, 0.1) is 0 Å². The molecule has 1 aliphatic heterocycles. The second kappa shape index (κ2) is 6.05. The van der Waals surface area contributed by atoms with Crippen molar-refractivity contribution < 1.29 is 0 Å². The highest BCUT2D eigenvalue weighted by molar-refractivity contribution is 14.1. The summed E-state index contributed by atoms with van der Waals surface area (Å²) in [6.07, 6.45) is 1.25. The summed E-state index contributed by atoms with van der Waals surface area (Å²) in [6.45, 7) is 9.31. The van der Waals surface area contributed by atoms with Crippen molar-refractivity contribution in [2.75, 3.05) is 31.1 Å². The Morgan fingerprint density at radius 1 is 1.12 bits per heavy atom. The van der Waals surface area contributed by atoms with Crippen LogP contribution in [0.25, 0.3) is 0 Å². The fourth-order valence-electron chi connectivity index (χ4n) is 2.33. The van der Waals surface area contributed by atoms with Crippen molar-refractivity contribution >= 4 is 28.3 Å². The van der Waals surface area contributed by atoms with Crippen molar-refractivity contribution in [2.45, 2.75) is 26.3 Å². The van der Waals surface area contributed by atoms with E-state index < -0.39 is 0 Å². The Balaban J connectivity index is 1.93. The SMILES string of the molecule is CCC(C)N1CCN(c2ccc(I)cc2)CC1. The van der Waals surface area contributed by atoms with Gasteiger partial charge in [0.25, 0.3) is 0 Å². The zero-order valence-corrected chi connectivity index (χ0v) is 12.9. The number of piperazine rings is 1. The first-order valence-corrected chi connectivity index (χ1v) is 7.53. The predicted octanol–water partition coefficient (Wildman–Crippen LogP) is 3.21. The van der Waals surface area contributed by atoms with Crippen LogP contribution in [0.4, 0.5) is 5.69 Å². The molecule has 0 radical (unpaired) electrons. The average molecular weight is 344 g/mol. The van der Waals surface area contributed by atoms with Gasteiger partial charge in [-0.2, -0.15) is 0 Å². The summed E-state index contributed by atoms with van der Waals surface area (Å²) >= 11 is 2.36. The molecular weight excluding hydrogens is 323 g/mol. The molecule has 1 fully saturated rings. The summed E-state index contributed by atoms with van der Waals surface area (Å²) in [7, 11) is 0. The molecule has 17 heavy (non-hydrogen) atoms. The van der Waals surface area contributed by atoms with Crippen molar-refractivity contribution in [3.8, 4) is 0 Å². The van der Waals surface area contributed by atoms with Crippen molar-refractivity contribution in [3.05, 3.63) is 27.8 Å². The first kappa shape index (κ1) is 13.1. The first-order chi connectivity index (χ1) is 8.20. The Morgan fingerprint density at radius 2 is 1.71 bits per heavy atom. The Labute approximate surface area is 118 Å². The van der Waals surface area contributed by atoms with E-state index in [-0.39, 0.29) is 0 Å². The van der Waals surface area contributed by atoms with E-state index in [0.29, 0.717) is 0 Å². The van der Waals surface area contributed by atoms with Crippen LogP contribution in [0.5, 0.6) is 0 Å². The Bertz CT molecular complexity index is 342. The maximum atomic E-state index is 2.60. The van der Waals surface area contributed by atoms with Crippen LogP contribution in [0.1, 0.15) is 20.3 Å². The predicted molar refractivity (Wildman–Crippen MR) is 82.7 cm³/mol. The van der Waals surface area contributed by atoms with Gasteiger partial charge in [-0.25, -0.2) is 0 Å². The maximum absolute atomic E-state index is 2.60. The molecule has 1 heterocycles. The molecule has 1 aromatic carbocycles. The standard InChI is InChI=1S/C14H21IN2/c1-3-12(2)16-8-10-17(11-9-16)14-6-4-13(15)5-7-14/h4-7,12H,3,8-11H2,1-2H3. The minimum Gasteiger partial charge on any atom is -0.369 e. The third-order valence-electron chi connectivity index (χ3n) is 3.72. The lowest BCUT2D eigenvalue weighted by molar-refractivity contribution is 0.193. The van der Waals surface area contributed by atoms with Gasteiger partial charge in [-0.3, -0.25) is 4.90 Å². The number of rotatable bonds is 3. The largest absolute Gasteiger partial charge is 0.369 e. The maximum Gasteiger partial charge on any atom is 0.0367 e. The van der Waals surface area contributed by atoms with Crippen LogP contribution in [-0.2, 0) is 0 Å². The molecule has 1 aromatic rings. The van der Waals surface area contributed by atoms with E-state index in [4.69, 9.17) is 0 Å². The molecule has 0 N–H and O–H groups in total. The molecule has 1 saturated heterocycles. The molecule has 0 amide bonds. The molecule has 0 bridgehead atoms. The van der Waals surface area contributed by atoms with Gasteiger partial charge in [0.1, 0.15) is 0 Å². The van der Waals surface area contributed by atoms with E-state index in [0.717, 1.165) is 19.1 Å². The molecule has 1 aliphatic rings. The molecule has 0 saturated carbocycles. The summed E-state index contributed by atoms with van der Waals surface area (Å²) in [6, 6.07) is 9.59. The lowest BCUT2D eigenvalue weighted by atomic mass is 10.2. The number of anilines is 1. The van der Waals surface area contributed by atoms with E-state index in [1.54, 1.807) is 0 Å². The van der Waals surface area contributed by atoms with Crippen LogP contribution in [0.15, 0.2) is 24.3 Å². The van der Waals surface area contributed by atoms with Gasteiger partial charge >= 0.3 is 0 Å². The van der Waals surface area contributed by atoms with E-state index in [1.807, 2.05) is 0 Å². The van der Waals surface area contributed by atoms with Crippen LogP contribution in [0.2, 0.25) is 0 Å². The quantitative estimate of drug-likeness (QED) is 0.777. The molecule has 0 aromatic heterocycles. The molecule has 0 spiro atoms. The zero-order valence-electron chi connectivity index (χ0n) is 10.7. The van der Waals surface area contributed by atoms with Crippen LogP contribution < -0.4 is 4.90 Å². The summed E-state index contributed by atoms with van der Waals surface area (Å²) in [5.74, 6) is 0. The summed E-state index contributed by atoms with van der Waals surface area (Å²) < 4.78 is 1.31. The highest BCUT2D eigenvalue weighted by Gasteiger charge is 2.19. The fraction of sp³-hybridized carbons (Fsp3) is 0.571. The number of benzene rings is 1. The fourth-order valence-corrected chi connectivity index (χ4v) is 2.69. The van der Waals surface area contributed by atoms with E-state index in [9.17, 15) is 0 Å².